The van der Waals surface area contributed by atoms with Crippen LogP contribution >= 0.6 is 0 Å². The molecule has 0 fully saturated rings. The Balaban J connectivity index is 3.06. The highest BCUT2D eigenvalue weighted by atomic mass is 19.4. The van der Waals surface area contributed by atoms with Crippen LogP contribution in [-0.4, -0.2) is 5.78 Å². The molecule has 0 N–H and O–H groups in total. The minimum Gasteiger partial charge on any atom is -0.294 e. The van der Waals surface area contributed by atoms with Crippen molar-refractivity contribution in [2.24, 2.45) is 5.92 Å². The van der Waals surface area contributed by atoms with E-state index in [-0.39, 0.29) is 11.5 Å². The third kappa shape index (κ3) is 4.32. The first kappa shape index (κ1) is 16.7. The molecule has 0 saturated heterocycles. The first-order valence-electron chi connectivity index (χ1n) is 6.71. The summed E-state index contributed by atoms with van der Waals surface area (Å²) in [6.45, 7) is 3.78. The number of Topliss-reactive ketones (excluding diaryl/α,β-unsaturated/α-hetero) is 1. The van der Waals surface area contributed by atoms with Gasteiger partial charge in [-0.15, -0.1) is 0 Å². The van der Waals surface area contributed by atoms with Gasteiger partial charge in [0.2, 0.25) is 0 Å². The van der Waals surface area contributed by atoms with Crippen molar-refractivity contribution in [3.8, 4) is 0 Å². The number of alkyl halides is 3. The van der Waals surface area contributed by atoms with Gasteiger partial charge in [0, 0.05) is 11.5 Å². The molecule has 0 bridgehead atoms. The number of carbonyl (C=O) groups is 1. The summed E-state index contributed by atoms with van der Waals surface area (Å²) in [6.07, 6.45) is -1.77. The zero-order valence-corrected chi connectivity index (χ0v) is 11.6. The average molecular weight is 290 g/mol. The standard InChI is InChI=1S/C15H18F4O/c1-3-5-6-10(4-2)14(20)11-7-12(15(17,18)19)9-13(16)8-11/h7-10H,3-6H2,1-2H3. The minimum absolute atomic E-state index is 0.194. The second-order valence-corrected chi connectivity index (χ2v) is 4.84. The van der Waals surface area contributed by atoms with Crippen LogP contribution in [0, 0.1) is 11.7 Å². The van der Waals surface area contributed by atoms with Gasteiger partial charge in [-0.2, -0.15) is 13.2 Å². The summed E-state index contributed by atoms with van der Waals surface area (Å²) in [4.78, 5) is 12.2. The molecular formula is C15H18F4O. The first-order valence-corrected chi connectivity index (χ1v) is 6.71. The number of rotatable bonds is 6. The maximum absolute atomic E-state index is 13.3. The van der Waals surface area contributed by atoms with E-state index < -0.39 is 23.3 Å². The predicted molar refractivity (Wildman–Crippen MR) is 69.0 cm³/mol. The van der Waals surface area contributed by atoms with E-state index in [4.69, 9.17) is 0 Å². The Hall–Kier alpha value is -1.39. The molecule has 1 nitrogen and oxygen atoms in total. The monoisotopic (exact) mass is 290 g/mol. The molecule has 0 heterocycles. The number of benzene rings is 1. The highest BCUT2D eigenvalue weighted by Crippen LogP contribution is 2.31. The lowest BCUT2D eigenvalue weighted by Gasteiger charge is -2.15. The van der Waals surface area contributed by atoms with Crippen molar-refractivity contribution < 1.29 is 22.4 Å². The molecule has 1 rings (SSSR count). The summed E-state index contributed by atoms with van der Waals surface area (Å²) in [5.74, 6) is -1.79. The van der Waals surface area contributed by atoms with E-state index in [1.54, 1.807) is 0 Å². The Bertz CT molecular complexity index is 465. The van der Waals surface area contributed by atoms with Crippen molar-refractivity contribution in [1.82, 2.24) is 0 Å². The lowest BCUT2D eigenvalue weighted by Crippen LogP contribution is -2.16. The van der Waals surface area contributed by atoms with Gasteiger partial charge < -0.3 is 0 Å². The molecule has 0 aliphatic rings. The SMILES string of the molecule is CCCCC(CC)C(=O)c1cc(F)cc(C(F)(F)F)c1. The van der Waals surface area contributed by atoms with Crippen LogP contribution in [0.4, 0.5) is 17.6 Å². The zero-order valence-electron chi connectivity index (χ0n) is 11.6. The first-order chi connectivity index (χ1) is 9.29. The van der Waals surface area contributed by atoms with E-state index in [2.05, 4.69) is 0 Å². The van der Waals surface area contributed by atoms with Crippen LogP contribution in [0.2, 0.25) is 0 Å². The van der Waals surface area contributed by atoms with Gasteiger partial charge in [-0.25, -0.2) is 4.39 Å². The molecular weight excluding hydrogens is 272 g/mol. The molecule has 1 aromatic carbocycles. The maximum Gasteiger partial charge on any atom is 0.416 e. The van der Waals surface area contributed by atoms with Crippen LogP contribution in [0.1, 0.15) is 55.5 Å². The van der Waals surface area contributed by atoms with Gasteiger partial charge in [-0.05, 0) is 31.0 Å². The predicted octanol–water partition coefficient (Wildman–Crippen LogP) is 5.24. The zero-order chi connectivity index (χ0) is 15.3. The largest absolute Gasteiger partial charge is 0.416 e. The Morgan fingerprint density at radius 1 is 1.20 bits per heavy atom. The van der Waals surface area contributed by atoms with Crippen molar-refractivity contribution in [2.75, 3.05) is 0 Å². The van der Waals surface area contributed by atoms with Crippen LogP contribution < -0.4 is 0 Å². The summed E-state index contributed by atoms with van der Waals surface area (Å²) in [7, 11) is 0. The molecule has 0 aromatic heterocycles. The van der Waals surface area contributed by atoms with Crippen molar-refractivity contribution in [3.63, 3.8) is 0 Å². The topological polar surface area (TPSA) is 17.1 Å². The second-order valence-electron chi connectivity index (χ2n) is 4.84. The highest BCUT2D eigenvalue weighted by Gasteiger charge is 2.32. The summed E-state index contributed by atoms with van der Waals surface area (Å²) in [6, 6.07) is 2.02. The van der Waals surface area contributed by atoms with Gasteiger partial charge in [0.05, 0.1) is 5.56 Å². The number of hydrogen-bond donors (Lipinski definition) is 0. The van der Waals surface area contributed by atoms with Gasteiger partial charge in [-0.3, -0.25) is 4.79 Å². The van der Waals surface area contributed by atoms with Crippen molar-refractivity contribution >= 4 is 5.78 Å². The van der Waals surface area contributed by atoms with Gasteiger partial charge in [0.15, 0.2) is 5.78 Å². The molecule has 1 unspecified atom stereocenters. The van der Waals surface area contributed by atoms with Gasteiger partial charge in [-0.1, -0.05) is 26.7 Å². The molecule has 112 valence electrons. The van der Waals surface area contributed by atoms with Crippen molar-refractivity contribution in [2.45, 2.75) is 45.7 Å². The summed E-state index contributed by atoms with van der Waals surface area (Å²) >= 11 is 0. The molecule has 0 aliphatic heterocycles. The van der Waals surface area contributed by atoms with E-state index in [1.165, 1.54) is 0 Å². The maximum atomic E-state index is 13.3. The third-order valence-corrected chi connectivity index (χ3v) is 3.28. The van der Waals surface area contributed by atoms with Crippen LogP contribution in [0.15, 0.2) is 18.2 Å². The van der Waals surface area contributed by atoms with Crippen LogP contribution in [0.3, 0.4) is 0 Å². The molecule has 0 amide bonds. The Kier molecular flexibility index (Phi) is 5.72. The number of hydrogen-bond acceptors (Lipinski definition) is 1. The lowest BCUT2D eigenvalue weighted by atomic mass is 9.90. The smallest absolute Gasteiger partial charge is 0.294 e. The molecule has 5 heteroatoms. The molecule has 1 aromatic rings. The van der Waals surface area contributed by atoms with E-state index in [0.717, 1.165) is 25.0 Å². The molecule has 0 aliphatic carbocycles. The minimum atomic E-state index is -4.65. The molecule has 1 atom stereocenters. The normalized spacial score (nSPS) is 13.3. The Morgan fingerprint density at radius 2 is 1.85 bits per heavy atom. The number of ketones is 1. The van der Waals surface area contributed by atoms with Crippen LogP contribution in [-0.2, 0) is 6.18 Å². The van der Waals surface area contributed by atoms with E-state index in [9.17, 15) is 22.4 Å². The van der Waals surface area contributed by atoms with Gasteiger partial charge in [0.25, 0.3) is 0 Å². The molecule has 0 radical (unpaired) electrons. The Morgan fingerprint density at radius 3 is 2.35 bits per heavy atom. The highest BCUT2D eigenvalue weighted by molar-refractivity contribution is 5.98. The van der Waals surface area contributed by atoms with E-state index >= 15 is 0 Å². The third-order valence-electron chi connectivity index (χ3n) is 3.28. The van der Waals surface area contributed by atoms with Crippen LogP contribution in [0.25, 0.3) is 0 Å². The molecule has 20 heavy (non-hydrogen) atoms. The van der Waals surface area contributed by atoms with Gasteiger partial charge in [0.1, 0.15) is 5.82 Å². The second kappa shape index (κ2) is 6.86. The number of halogens is 4. The van der Waals surface area contributed by atoms with Crippen molar-refractivity contribution in [1.29, 1.82) is 0 Å². The Labute approximate surface area is 116 Å². The quantitative estimate of drug-likeness (QED) is 0.517. The fourth-order valence-corrected chi connectivity index (χ4v) is 2.10. The fourth-order valence-electron chi connectivity index (χ4n) is 2.10. The summed E-state index contributed by atoms with van der Waals surface area (Å²) < 4.78 is 51.1. The van der Waals surface area contributed by atoms with Gasteiger partial charge >= 0.3 is 6.18 Å². The van der Waals surface area contributed by atoms with Crippen LogP contribution in [0.5, 0.6) is 0 Å². The van der Waals surface area contributed by atoms with Crippen molar-refractivity contribution in [3.05, 3.63) is 35.1 Å². The van der Waals surface area contributed by atoms with E-state index in [1.807, 2.05) is 13.8 Å². The number of unbranched alkanes of at least 4 members (excludes halogenated alkanes) is 1. The lowest BCUT2D eigenvalue weighted by molar-refractivity contribution is -0.137. The number of carbonyl (C=O) groups excluding carboxylic acids is 1. The molecule has 0 saturated carbocycles. The fraction of sp³-hybridized carbons (Fsp3) is 0.533. The average Bonchev–Trinajstić information content (AvgIpc) is 2.37. The molecule has 0 spiro atoms. The summed E-state index contributed by atoms with van der Waals surface area (Å²) in [5.41, 5.74) is -1.31. The summed E-state index contributed by atoms with van der Waals surface area (Å²) in [5, 5.41) is 0. The van der Waals surface area contributed by atoms with E-state index in [0.29, 0.717) is 18.9 Å².